The van der Waals surface area contributed by atoms with Crippen LogP contribution < -0.4 is 0 Å². The van der Waals surface area contributed by atoms with E-state index in [-0.39, 0.29) is 11.0 Å². The smallest absolute Gasteiger partial charge is 0.245 e. The molecular formula is C12H15N3O3S. The molecule has 3 heterocycles. The molecule has 0 bridgehead atoms. The maximum atomic E-state index is 12.6. The summed E-state index contributed by atoms with van der Waals surface area (Å²) in [4.78, 5) is 7.29. The van der Waals surface area contributed by atoms with E-state index in [1.165, 1.54) is 10.5 Å². The standard InChI is InChI=1S/C12H15N3O3S/c1-9-8-15(5-6-18-9)19(16,17)11-7-14-12-10(11)3-2-4-13-12/h2-4,7,9H,5-6,8H2,1H3,(H,13,14). The summed E-state index contributed by atoms with van der Waals surface area (Å²) in [7, 11) is -3.50. The molecule has 7 heteroatoms. The highest BCUT2D eigenvalue weighted by Crippen LogP contribution is 2.25. The highest BCUT2D eigenvalue weighted by molar-refractivity contribution is 7.89. The van der Waals surface area contributed by atoms with Gasteiger partial charge in [0.25, 0.3) is 0 Å². The van der Waals surface area contributed by atoms with Gasteiger partial charge in [-0.25, -0.2) is 13.4 Å². The fourth-order valence-corrected chi connectivity index (χ4v) is 3.94. The molecule has 1 saturated heterocycles. The first-order chi connectivity index (χ1) is 9.09. The first kappa shape index (κ1) is 12.6. The van der Waals surface area contributed by atoms with Crippen LogP contribution in [0.5, 0.6) is 0 Å². The molecule has 2 aromatic heterocycles. The lowest BCUT2D eigenvalue weighted by molar-refractivity contribution is 0.0102. The molecule has 0 saturated carbocycles. The van der Waals surface area contributed by atoms with Gasteiger partial charge in [0.15, 0.2) is 0 Å². The minimum Gasteiger partial charge on any atom is -0.376 e. The Morgan fingerprint density at radius 2 is 2.37 bits per heavy atom. The average Bonchev–Trinajstić information content (AvgIpc) is 2.83. The minimum absolute atomic E-state index is 0.0770. The molecule has 0 spiro atoms. The molecule has 1 atom stereocenters. The van der Waals surface area contributed by atoms with Crippen LogP contribution in [0.2, 0.25) is 0 Å². The number of rotatable bonds is 2. The number of sulfonamides is 1. The van der Waals surface area contributed by atoms with Crippen molar-refractivity contribution in [3.63, 3.8) is 0 Å². The fraction of sp³-hybridized carbons (Fsp3) is 0.417. The normalized spacial score (nSPS) is 21.8. The van der Waals surface area contributed by atoms with Crippen LogP contribution in [-0.4, -0.2) is 48.5 Å². The van der Waals surface area contributed by atoms with Crippen LogP contribution in [0.3, 0.4) is 0 Å². The van der Waals surface area contributed by atoms with Gasteiger partial charge in [-0.15, -0.1) is 0 Å². The van der Waals surface area contributed by atoms with Crippen LogP contribution in [0.15, 0.2) is 29.4 Å². The molecule has 6 nitrogen and oxygen atoms in total. The van der Waals surface area contributed by atoms with E-state index < -0.39 is 10.0 Å². The first-order valence-corrected chi connectivity index (χ1v) is 7.57. The van der Waals surface area contributed by atoms with Crippen LogP contribution in [-0.2, 0) is 14.8 Å². The molecule has 19 heavy (non-hydrogen) atoms. The van der Waals surface area contributed by atoms with Crippen molar-refractivity contribution in [3.8, 4) is 0 Å². The second-order valence-corrected chi connectivity index (χ2v) is 6.50. The molecule has 102 valence electrons. The lowest BCUT2D eigenvalue weighted by atomic mass is 10.3. The quantitative estimate of drug-likeness (QED) is 0.890. The van der Waals surface area contributed by atoms with E-state index in [0.717, 1.165) is 0 Å². The Hall–Kier alpha value is -1.44. The summed E-state index contributed by atoms with van der Waals surface area (Å²) < 4.78 is 32.1. The van der Waals surface area contributed by atoms with Crippen molar-refractivity contribution in [2.75, 3.05) is 19.7 Å². The molecule has 3 rings (SSSR count). The predicted octanol–water partition coefficient (Wildman–Crippen LogP) is 0.972. The third-order valence-corrected chi connectivity index (χ3v) is 5.14. The van der Waals surface area contributed by atoms with E-state index >= 15 is 0 Å². The fourth-order valence-electron chi connectivity index (χ4n) is 2.29. The van der Waals surface area contributed by atoms with Crippen LogP contribution in [0.1, 0.15) is 6.92 Å². The highest BCUT2D eigenvalue weighted by Gasteiger charge is 2.31. The maximum Gasteiger partial charge on any atom is 0.245 e. The van der Waals surface area contributed by atoms with E-state index in [1.54, 1.807) is 18.3 Å². The Bertz CT molecular complexity index is 695. The molecule has 1 N–H and O–H groups in total. The number of hydrogen-bond donors (Lipinski definition) is 1. The number of ether oxygens (including phenoxy) is 1. The summed E-state index contributed by atoms with van der Waals surface area (Å²) in [6, 6.07) is 3.49. The van der Waals surface area contributed by atoms with Crippen LogP contribution in [0, 0.1) is 0 Å². The van der Waals surface area contributed by atoms with Crippen molar-refractivity contribution < 1.29 is 13.2 Å². The van der Waals surface area contributed by atoms with Crippen LogP contribution in [0.4, 0.5) is 0 Å². The number of hydrogen-bond acceptors (Lipinski definition) is 4. The van der Waals surface area contributed by atoms with Crippen molar-refractivity contribution in [1.82, 2.24) is 14.3 Å². The Kier molecular flexibility index (Phi) is 3.04. The van der Waals surface area contributed by atoms with Gasteiger partial charge in [0.05, 0.1) is 12.7 Å². The molecule has 0 amide bonds. The Morgan fingerprint density at radius 1 is 1.53 bits per heavy atom. The molecule has 1 unspecified atom stereocenters. The molecular weight excluding hydrogens is 266 g/mol. The summed E-state index contributed by atoms with van der Waals surface area (Å²) in [5.74, 6) is 0. The van der Waals surface area contributed by atoms with E-state index in [0.29, 0.717) is 30.7 Å². The third-order valence-electron chi connectivity index (χ3n) is 3.23. The van der Waals surface area contributed by atoms with Gasteiger partial charge in [0, 0.05) is 30.9 Å². The first-order valence-electron chi connectivity index (χ1n) is 6.13. The molecule has 0 aliphatic carbocycles. The molecule has 1 aliphatic rings. The number of fused-ring (bicyclic) bond motifs is 1. The molecule has 0 radical (unpaired) electrons. The lowest BCUT2D eigenvalue weighted by Gasteiger charge is -2.30. The van der Waals surface area contributed by atoms with Gasteiger partial charge in [-0.3, -0.25) is 0 Å². The number of morpholine rings is 1. The van der Waals surface area contributed by atoms with Crippen molar-refractivity contribution in [2.45, 2.75) is 17.9 Å². The predicted molar refractivity (Wildman–Crippen MR) is 70.3 cm³/mol. The van der Waals surface area contributed by atoms with E-state index in [9.17, 15) is 8.42 Å². The van der Waals surface area contributed by atoms with Gasteiger partial charge in [0.1, 0.15) is 10.5 Å². The number of nitrogens with one attached hydrogen (secondary N) is 1. The monoisotopic (exact) mass is 281 g/mol. The zero-order valence-electron chi connectivity index (χ0n) is 10.5. The van der Waals surface area contributed by atoms with Crippen molar-refractivity contribution in [2.24, 2.45) is 0 Å². The second kappa shape index (κ2) is 4.59. The largest absolute Gasteiger partial charge is 0.376 e. The molecule has 0 aromatic carbocycles. The van der Waals surface area contributed by atoms with Crippen LogP contribution in [0.25, 0.3) is 11.0 Å². The number of pyridine rings is 1. The topological polar surface area (TPSA) is 75.3 Å². The van der Waals surface area contributed by atoms with Crippen LogP contribution >= 0.6 is 0 Å². The summed E-state index contributed by atoms with van der Waals surface area (Å²) >= 11 is 0. The maximum absolute atomic E-state index is 12.6. The summed E-state index contributed by atoms with van der Waals surface area (Å²) in [6.45, 7) is 3.08. The minimum atomic E-state index is -3.50. The molecule has 1 fully saturated rings. The van der Waals surface area contributed by atoms with E-state index in [4.69, 9.17) is 4.74 Å². The molecule has 1 aliphatic heterocycles. The number of aromatic amines is 1. The summed E-state index contributed by atoms with van der Waals surface area (Å²) in [5, 5.41) is 0.627. The van der Waals surface area contributed by atoms with Crippen molar-refractivity contribution in [3.05, 3.63) is 24.5 Å². The zero-order valence-corrected chi connectivity index (χ0v) is 11.4. The van der Waals surface area contributed by atoms with Crippen molar-refractivity contribution in [1.29, 1.82) is 0 Å². The highest BCUT2D eigenvalue weighted by atomic mass is 32.2. The number of H-pyrrole nitrogens is 1. The number of aromatic nitrogens is 2. The summed E-state index contributed by atoms with van der Waals surface area (Å²) in [6.07, 6.45) is 3.06. The van der Waals surface area contributed by atoms with Gasteiger partial charge in [-0.1, -0.05) is 0 Å². The lowest BCUT2D eigenvalue weighted by Crippen LogP contribution is -2.44. The van der Waals surface area contributed by atoms with Crippen molar-refractivity contribution >= 4 is 21.1 Å². The third kappa shape index (κ3) is 2.13. The average molecular weight is 281 g/mol. The van der Waals surface area contributed by atoms with Gasteiger partial charge >= 0.3 is 0 Å². The SMILES string of the molecule is CC1CN(S(=O)(=O)c2c[nH]c3ncccc23)CCO1. The van der Waals surface area contributed by atoms with E-state index in [1.807, 2.05) is 6.92 Å². The van der Waals surface area contributed by atoms with Gasteiger partial charge in [0.2, 0.25) is 10.0 Å². The zero-order chi connectivity index (χ0) is 13.5. The van der Waals surface area contributed by atoms with Gasteiger partial charge < -0.3 is 9.72 Å². The Balaban J connectivity index is 2.04. The van der Waals surface area contributed by atoms with Gasteiger partial charge in [-0.05, 0) is 19.1 Å². The van der Waals surface area contributed by atoms with E-state index in [2.05, 4.69) is 9.97 Å². The Labute approximate surface area is 111 Å². The second-order valence-electron chi connectivity index (χ2n) is 4.60. The summed E-state index contributed by atoms with van der Waals surface area (Å²) in [5.41, 5.74) is 0.586. The number of nitrogens with zero attached hydrogens (tertiary/aromatic N) is 2. The molecule has 2 aromatic rings. The van der Waals surface area contributed by atoms with Gasteiger partial charge in [-0.2, -0.15) is 4.31 Å². The Morgan fingerprint density at radius 3 is 3.16 bits per heavy atom.